The summed E-state index contributed by atoms with van der Waals surface area (Å²) in [5.41, 5.74) is 8.75. The highest BCUT2D eigenvalue weighted by atomic mass is 16.5. The molecular formula is C16H21N3O. The Kier molecular flexibility index (Phi) is 4.82. The number of aromatic nitrogens is 1. The number of benzene rings is 1. The number of rotatable bonds is 6. The maximum atomic E-state index is 5.83. The molecule has 0 atom stereocenters. The van der Waals surface area contributed by atoms with Crippen LogP contribution in [0.25, 0.3) is 0 Å². The Morgan fingerprint density at radius 2 is 1.95 bits per heavy atom. The normalized spacial score (nSPS) is 10.3. The van der Waals surface area contributed by atoms with E-state index in [1.165, 1.54) is 5.56 Å². The van der Waals surface area contributed by atoms with E-state index in [1.807, 2.05) is 25.1 Å². The third kappa shape index (κ3) is 3.41. The van der Waals surface area contributed by atoms with Crippen LogP contribution in [0.5, 0.6) is 5.88 Å². The SMILES string of the molecule is CCCc1ccccc1Nc1ccc(N)c(OCC)n1. The molecule has 0 aliphatic heterocycles. The van der Waals surface area contributed by atoms with Crippen LogP contribution in [-0.2, 0) is 6.42 Å². The van der Waals surface area contributed by atoms with Crippen molar-refractivity contribution in [3.63, 3.8) is 0 Å². The lowest BCUT2D eigenvalue weighted by Crippen LogP contribution is -2.03. The van der Waals surface area contributed by atoms with Crippen LogP contribution in [0.1, 0.15) is 25.8 Å². The zero-order valence-electron chi connectivity index (χ0n) is 12.0. The van der Waals surface area contributed by atoms with Gasteiger partial charge in [-0.2, -0.15) is 4.98 Å². The van der Waals surface area contributed by atoms with Gasteiger partial charge in [-0.15, -0.1) is 0 Å². The van der Waals surface area contributed by atoms with E-state index < -0.39 is 0 Å². The molecule has 1 aromatic carbocycles. The lowest BCUT2D eigenvalue weighted by molar-refractivity contribution is 0.329. The molecule has 0 bridgehead atoms. The highest BCUT2D eigenvalue weighted by Gasteiger charge is 2.06. The Morgan fingerprint density at radius 3 is 2.70 bits per heavy atom. The highest BCUT2D eigenvalue weighted by Crippen LogP contribution is 2.25. The predicted octanol–water partition coefficient (Wildman–Crippen LogP) is 3.76. The molecule has 0 fully saturated rings. The maximum absolute atomic E-state index is 5.83. The maximum Gasteiger partial charge on any atom is 0.239 e. The Balaban J connectivity index is 2.23. The van der Waals surface area contributed by atoms with Gasteiger partial charge in [-0.25, -0.2) is 0 Å². The van der Waals surface area contributed by atoms with E-state index in [0.717, 1.165) is 24.3 Å². The minimum Gasteiger partial charge on any atom is -0.476 e. The van der Waals surface area contributed by atoms with Gasteiger partial charge in [-0.1, -0.05) is 31.5 Å². The minimum atomic E-state index is 0.477. The number of hydrogen-bond donors (Lipinski definition) is 2. The summed E-state index contributed by atoms with van der Waals surface area (Å²) in [4.78, 5) is 4.40. The fourth-order valence-electron chi connectivity index (χ4n) is 2.04. The van der Waals surface area contributed by atoms with E-state index >= 15 is 0 Å². The summed E-state index contributed by atoms with van der Waals surface area (Å²) in [5.74, 6) is 1.22. The van der Waals surface area contributed by atoms with E-state index in [4.69, 9.17) is 10.5 Å². The molecule has 1 aromatic heterocycles. The van der Waals surface area contributed by atoms with Crippen LogP contribution >= 0.6 is 0 Å². The van der Waals surface area contributed by atoms with E-state index in [-0.39, 0.29) is 0 Å². The molecule has 2 rings (SSSR count). The molecule has 2 aromatic rings. The number of ether oxygens (including phenoxy) is 1. The zero-order chi connectivity index (χ0) is 14.4. The number of aryl methyl sites for hydroxylation is 1. The molecule has 4 nitrogen and oxygen atoms in total. The minimum absolute atomic E-state index is 0.477. The van der Waals surface area contributed by atoms with Crippen molar-refractivity contribution in [3.8, 4) is 5.88 Å². The van der Waals surface area contributed by atoms with Gasteiger partial charge in [0.15, 0.2) is 0 Å². The molecule has 20 heavy (non-hydrogen) atoms. The van der Waals surface area contributed by atoms with Gasteiger partial charge in [0.2, 0.25) is 5.88 Å². The van der Waals surface area contributed by atoms with Gasteiger partial charge >= 0.3 is 0 Å². The van der Waals surface area contributed by atoms with Crippen molar-refractivity contribution < 1.29 is 4.74 Å². The number of nitrogens with two attached hydrogens (primary N) is 1. The second-order valence-electron chi connectivity index (χ2n) is 4.56. The third-order valence-electron chi connectivity index (χ3n) is 2.97. The molecule has 0 amide bonds. The van der Waals surface area contributed by atoms with E-state index in [1.54, 1.807) is 0 Å². The summed E-state index contributed by atoms with van der Waals surface area (Å²) < 4.78 is 5.42. The lowest BCUT2D eigenvalue weighted by Gasteiger charge is -2.12. The van der Waals surface area contributed by atoms with Crippen molar-refractivity contribution in [1.82, 2.24) is 4.98 Å². The summed E-state index contributed by atoms with van der Waals surface area (Å²) in [6.07, 6.45) is 2.15. The molecule has 4 heteroatoms. The summed E-state index contributed by atoms with van der Waals surface area (Å²) in [6, 6.07) is 11.9. The molecule has 0 saturated heterocycles. The summed E-state index contributed by atoms with van der Waals surface area (Å²) in [7, 11) is 0. The smallest absolute Gasteiger partial charge is 0.239 e. The summed E-state index contributed by atoms with van der Waals surface area (Å²) in [6.45, 7) is 4.64. The molecule has 0 radical (unpaired) electrons. The standard InChI is InChI=1S/C16H21N3O/c1-3-7-12-8-5-6-9-14(12)18-15-11-10-13(17)16(19-15)20-4-2/h5-6,8-11H,3-4,7,17H2,1-2H3,(H,18,19). The lowest BCUT2D eigenvalue weighted by atomic mass is 10.1. The summed E-state index contributed by atoms with van der Waals surface area (Å²) in [5, 5.41) is 3.34. The van der Waals surface area contributed by atoms with Crippen molar-refractivity contribution in [2.75, 3.05) is 17.7 Å². The predicted molar refractivity (Wildman–Crippen MR) is 83.5 cm³/mol. The second kappa shape index (κ2) is 6.80. The number of para-hydroxylation sites is 1. The summed E-state index contributed by atoms with van der Waals surface area (Å²) >= 11 is 0. The molecular weight excluding hydrogens is 250 g/mol. The Bertz CT molecular complexity index is 569. The number of nitrogens with one attached hydrogen (secondary N) is 1. The first kappa shape index (κ1) is 14.2. The van der Waals surface area contributed by atoms with Crippen molar-refractivity contribution in [2.45, 2.75) is 26.7 Å². The van der Waals surface area contributed by atoms with E-state index in [0.29, 0.717) is 18.2 Å². The highest BCUT2D eigenvalue weighted by molar-refractivity contribution is 5.63. The fourth-order valence-corrected chi connectivity index (χ4v) is 2.04. The van der Waals surface area contributed by atoms with Crippen molar-refractivity contribution in [1.29, 1.82) is 0 Å². The average molecular weight is 271 g/mol. The number of anilines is 3. The molecule has 1 heterocycles. The number of pyridine rings is 1. The Hall–Kier alpha value is -2.23. The zero-order valence-corrected chi connectivity index (χ0v) is 12.0. The number of hydrogen-bond acceptors (Lipinski definition) is 4. The van der Waals surface area contributed by atoms with Gasteiger partial charge in [-0.3, -0.25) is 0 Å². The number of nitrogen functional groups attached to an aromatic ring is 1. The first-order chi connectivity index (χ1) is 9.74. The van der Waals surface area contributed by atoms with Crippen LogP contribution in [0, 0.1) is 0 Å². The largest absolute Gasteiger partial charge is 0.476 e. The molecule has 0 aliphatic rings. The van der Waals surface area contributed by atoms with Crippen molar-refractivity contribution in [2.24, 2.45) is 0 Å². The molecule has 3 N–H and O–H groups in total. The Labute approximate surface area is 120 Å². The van der Waals surface area contributed by atoms with Gasteiger partial charge in [0.1, 0.15) is 5.82 Å². The van der Waals surface area contributed by atoms with E-state index in [9.17, 15) is 0 Å². The van der Waals surface area contributed by atoms with Gasteiger partial charge in [0, 0.05) is 5.69 Å². The van der Waals surface area contributed by atoms with Gasteiger partial charge in [0.05, 0.1) is 12.3 Å². The van der Waals surface area contributed by atoms with Crippen LogP contribution in [0.4, 0.5) is 17.2 Å². The Morgan fingerprint density at radius 1 is 1.15 bits per heavy atom. The van der Waals surface area contributed by atoms with Crippen LogP contribution in [0.3, 0.4) is 0 Å². The fraction of sp³-hybridized carbons (Fsp3) is 0.312. The molecule has 0 unspecified atom stereocenters. The van der Waals surface area contributed by atoms with E-state index in [2.05, 4.69) is 35.4 Å². The molecule has 0 spiro atoms. The van der Waals surface area contributed by atoms with Crippen LogP contribution in [0.15, 0.2) is 36.4 Å². The van der Waals surface area contributed by atoms with Gasteiger partial charge in [-0.05, 0) is 37.1 Å². The molecule has 0 aliphatic carbocycles. The first-order valence-corrected chi connectivity index (χ1v) is 6.98. The van der Waals surface area contributed by atoms with Gasteiger partial charge in [0.25, 0.3) is 0 Å². The number of nitrogens with zero attached hydrogens (tertiary/aromatic N) is 1. The van der Waals surface area contributed by atoms with Crippen molar-refractivity contribution in [3.05, 3.63) is 42.0 Å². The van der Waals surface area contributed by atoms with Crippen LogP contribution in [0.2, 0.25) is 0 Å². The third-order valence-corrected chi connectivity index (χ3v) is 2.97. The quantitative estimate of drug-likeness (QED) is 0.839. The second-order valence-corrected chi connectivity index (χ2v) is 4.56. The van der Waals surface area contributed by atoms with Crippen LogP contribution in [-0.4, -0.2) is 11.6 Å². The van der Waals surface area contributed by atoms with Gasteiger partial charge < -0.3 is 15.8 Å². The van der Waals surface area contributed by atoms with Crippen LogP contribution < -0.4 is 15.8 Å². The van der Waals surface area contributed by atoms with Crippen molar-refractivity contribution >= 4 is 17.2 Å². The molecule has 106 valence electrons. The average Bonchev–Trinajstić information content (AvgIpc) is 2.45. The topological polar surface area (TPSA) is 60.2 Å². The first-order valence-electron chi connectivity index (χ1n) is 6.98. The monoisotopic (exact) mass is 271 g/mol. The molecule has 0 saturated carbocycles.